The van der Waals surface area contributed by atoms with E-state index < -0.39 is 5.41 Å². The van der Waals surface area contributed by atoms with Crippen LogP contribution in [0.3, 0.4) is 0 Å². The average molecular weight is 201 g/mol. The van der Waals surface area contributed by atoms with Crippen LogP contribution >= 0.6 is 0 Å². The molecule has 0 aromatic carbocycles. The van der Waals surface area contributed by atoms with Crippen LogP contribution in [0.1, 0.15) is 27.7 Å². The maximum atomic E-state index is 11.9. The largest absolute Gasteiger partial charge is 0.409 e. The molecule has 5 nitrogen and oxygen atoms in total. The fourth-order valence-corrected chi connectivity index (χ4v) is 0.910. The third-order valence-electron chi connectivity index (χ3n) is 2.38. The van der Waals surface area contributed by atoms with Crippen molar-refractivity contribution < 1.29 is 10.0 Å². The molecule has 0 unspecified atom stereocenters. The molecule has 3 N–H and O–H groups in total. The van der Waals surface area contributed by atoms with Gasteiger partial charge in [-0.15, -0.1) is 0 Å². The summed E-state index contributed by atoms with van der Waals surface area (Å²) in [4.78, 5) is 13.4. The predicted octanol–water partition coefficient (Wildman–Crippen LogP) is 0.626. The molecule has 0 rings (SSSR count). The van der Waals surface area contributed by atoms with E-state index in [1.54, 1.807) is 25.8 Å². The lowest BCUT2D eigenvalue weighted by atomic mass is 9.90. The normalized spacial score (nSPS) is 13.1. The Bertz CT molecular complexity index is 246. The van der Waals surface area contributed by atoms with Gasteiger partial charge >= 0.3 is 0 Å². The van der Waals surface area contributed by atoms with E-state index in [0.717, 1.165) is 0 Å². The predicted molar refractivity (Wildman–Crippen MR) is 55.1 cm³/mol. The van der Waals surface area contributed by atoms with Gasteiger partial charge in [-0.1, -0.05) is 5.16 Å². The minimum absolute atomic E-state index is 0.0741. The highest BCUT2D eigenvalue weighted by molar-refractivity contribution is 6.05. The molecule has 0 aliphatic rings. The maximum absolute atomic E-state index is 11.9. The van der Waals surface area contributed by atoms with Crippen LogP contribution in [-0.2, 0) is 4.79 Å². The van der Waals surface area contributed by atoms with E-state index >= 15 is 0 Å². The topological polar surface area (TPSA) is 78.9 Å². The summed E-state index contributed by atoms with van der Waals surface area (Å²) in [7, 11) is 1.69. The van der Waals surface area contributed by atoms with E-state index in [4.69, 9.17) is 10.9 Å². The number of carbonyl (C=O) groups excluding carboxylic acids is 1. The van der Waals surface area contributed by atoms with Gasteiger partial charge in [-0.2, -0.15) is 0 Å². The van der Waals surface area contributed by atoms with Crippen molar-refractivity contribution in [2.75, 3.05) is 7.05 Å². The first-order chi connectivity index (χ1) is 6.25. The number of nitrogens with two attached hydrogens (primary N) is 1. The number of nitrogens with zero attached hydrogens (tertiary/aromatic N) is 2. The molecule has 0 saturated heterocycles. The highest BCUT2D eigenvalue weighted by atomic mass is 16.4. The fourth-order valence-electron chi connectivity index (χ4n) is 0.910. The summed E-state index contributed by atoms with van der Waals surface area (Å²) in [5.74, 6) is -0.238. The van der Waals surface area contributed by atoms with Crippen molar-refractivity contribution in [2.45, 2.75) is 33.7 Å². The summed E-state index contributed by atoms with van der Waals surface area (Å²) in [6, 6.07) is 0.0910. The molecule has 0 heterocycles. The minimum atomic E-state index is -0.965. The van der Waals surface area contributed by atoms with Gasteiger partial charge in [0.2, 0.25) is 5.91 Å². The molecule has 0 atom stereocenters. The molecule has 0 aliphatic heterocycles. The number of hydrogen-bond acceptors (Lipinski definition) is 3. The number of amides is 1. The second-order valence-corrected chi connectivity index (χ2v) is 4.12. The number of oxime groups is 1. The quantitative estimate of drug-likeness (QED) is 0.304. The summed E-state index contributed by atoms with van der Waals surface area (Å²) >= 11 is 0. The summed E-state index contributed by atoms with van der Waals surface area (Å²) in [6.45, 7) is 7.06. The van der Waals surface area contributed by atoms with E-state index in [1.807, 2.05) is 13.8 Å². The van der Waals surface area contributed by atoms with Crippen molar-refractivity contribution in [3.8, 4) is 0 Å². The summed E-state index contributed by atoms with van der Waals surface area (Å²) < 4.78 is 0. The zero-order chi connectivity index (χ0) is 11.5. The van der Waals surface area contributed by atoms with Crippen molar-refractivity contribution >= 4 is 11.7 Å². The Balaban J connectivity index is 4.85. The molecule has 5 heteroatoms. The first-order valence-electron chi connectivity index (χ1n) is 4.50. The molecule has 0 radical (unpaired) electrons. The van der Waals surface area contributed by atoms with Crippen LogP contribution in [-0.4, -0.2) is 34.9 Å². The molecule has 0 aromatic heterocycles. The summed E-state index contributed by atoms with van der Waals surface area (Å²) in [5, 5.41) is 11.4. The Morgan fingerprint density at radius 2 is 1.93 bits per heavy atom. The van der Waals surface area contributed by atoms with Gasteiger partial charge in [0.05, 0.1) is 0 Å². The molecule has 0 saturated carbocycles. The van der Waals surface area contributed by atoms with E-state index in [9.17, 15) is 4.79 Å². The van der Waals surface area contributed by atoms with Crippen LogP contribution in [0.4, 0.5) is 0 Å². The summed E-state index contributed by atoms with van der Waals surface area (Å²) in [5.41, 5.74) is 4.48. The van der Waals surface area contributed by atoms with Crippen LogP contribution in [0.25, 0.3) is 0 Å². The zero-order valence-corrected chi connectivity index (χ0v) is 9.40. The Hall–Kier alpha value is -1.26. The van der Waals surface area contributed by atoms with Gasteiger partial charge in [0.1, 0.15) is 5.41 Å². The third kappa shape index (κ3) is 2.37. The first-order valence-corrected chi connectivity index (χ1v) is 4.50. The van der Waals surface area contributed by atoms with Gasteiger partial charge in [-0.25, -0.2) is 0 Å². The van der Waals surface area contributed by atoms with Gasteiger partial charge in [0, 0.05) is 13.1 Å². The van der Waals surface area contributed by atoms with Crippen molar-refractivity contribution in [3.63, 3.8) is 0 Å². The van der Waals surface area contributed by atoms with E-state index in [-0.39, 0.29) is 17.8 Å². The summed E-state index contributed by atoms with van der Waals surface area (Å²) in [6.07, 6.45) is 0. The molecule has 0 spiro atoms. The standard InChI is InChI=1S/C9H19N3O2/c1-6(2)12(5)8(13)9(3,4)7(10)11-14/h6,14H,1-5H3,(H2,10,11). The molecule has 1 amide bonds. The van der Waals surface area contributed by atoms with Crippen molar-refractivity contribution in [3.05, 3.63) is 0 Å². The van der Waals surface area contributed by atoms with Crippen molar-refractivity contribution in [1.29, 1.82) is 0 Å². The molecule has 14 heavy (non-hydrogen) atoms. The van der Waals surface area contributed by atoms with Gasteiger partial charge in [0.25, 0.3) is 0 Å². The lowest BCUT2D eigenvalue weighted by Gasteiger charge is -2.30. The Kier molecular flexibility index (Phi) is 3.92. The Morgan fingerprint density at radius 3 is 2.21 bits per heavy atom. The van der Waals surface area contributed by atoms with Gasteiger partial charge in [0.15, 0.2) is 5.84 Å². The smallest absolute Gasteiger partial charge is 0.235 e. The Labute approximate surface area is 84.6 Å². The van der Waals surface area contributed by atoms with E-state index in [2.05, 4.69) is 5.16 Å². The number of rotatable bonds is 3. The van der Waals surface area contributed by atoms with Gasteiger partial charge < -0.3 is 15.8 Å². The number of carbonyl (C=O) groups is 1. The van der Waals surface area contributed by atoms with Crippen LogP contribution < -0.4 is 5.73 Å². The molecule has 0 fully saturated rings. The minimum Gasteiger partial charge on any atom is -0.409 e. The van der Waals surface area contributed by atoms with Crippen molar-refractivity contribution in [2.24, 2.45) is 16.3 Å². The number of amidine groups is 1. The number of hydrogen-bond donors (Lipinski definition) is 2. The average Bonchev–Trinajstić information content (AvgIpc) is 2.13. The lowest BCUT2D eigenvalue weighted by molar-refractivity contribution is -0.137. The van der Waals surface area contributed by atoms with Crippen molar-refractivity contribution in [1.82, 2.24) is 4.90 Å². The molecule has 82 valence electrons. The van der Waals surface area contributed by atoms with E-state index in [1.165, 1.54) is 0 Å². The second-order valence-electron chi connectivity index (χ2n) is 4.12. The monoisotopic (exact) mass is 201 g/mol. The molecular weight excluding hydrogens is 182 g/mol. The Morgan fingerprint density at radius 1 is 1.50 bits per heavy atom. The van der Waals surface area contributed by atoms with Crippen LogP contribution in [0.5, 0.6) is 0 Å². The van der Waals surface area contributed by atoms with Crippen LogP contribution in [0, 0.1) is 5.41 Å². The molecule has 0 bridgehead atoms. The molecular formula is C9H19N3O2. The SMILES string of the molecule is CC(C)N(C)C(=O)C(C)(C)C(N)=NO. The molecule has 0 aromatic rings. The fraction of sp³-hybridized carbons (Fsp3) is 0.778. The van der Waals surface area contributed by atoms with Crippen LogP contribution in [0.2, 0.25) is 0 Å². The highest BCUT2D eigenvalue weighted by Gasteiger charge is 2.35. The zero-order valence-electron chi connectivity index (χ0n) is 9.40. The van der Waals surface area contributed by atoms with Gasteiger partial charge in [-0.05, 0) is 27.7 Å². The molecule has 0 aliphatic carbocycles. The maximum Gasteiger partial charge on any atom is 0.235 e. The van der Waals surface area contributed by atoms with E-state index in [0.29, 0.717) is 0 Å². The third-order valence-corrected chi connectivity index (χ3v) is 2.38. The first kappa shape index (κ1) is 12.7. The van der Waals surface area contributed by atoms with Gasteiger partial charge in [-0.3, -0.25) is 4.79 Å². The second kappa shape index (κ2) is 4.30. The lowest BCUT2D eigenvalue weighted by Crippen LogP contribution is -2.48. The van der Waals surface area contributed by atoms with Crippen LogP contribution in [0.15, 0.2) is 5.16 Å². The highest BCUT2D eigenvalue weighted by Crippen LogP contribution is 2.19.